The molecule has 2 aromatic heterocycles. The van der Waals surface area contributed by atoms with E-state index in [4.69, 9.17) is 9.26 Å². The zero-order chi connectivity index (χ0) is 14.8. The highest BCUT2D eigenvalue weighted by molar-refractivity contribution is 5.43. The number of methoxy groups -OCH3 is 1. The number of nitrogens with one attached hydrogen (secondary N) is 1. The second kappa shape index (κ2) is 5.48. The smallest absolute Gasteiger partial charge is 0.248 e. The van der Waals surface area contributed by atoms with Crippen molar-refractivity contribution >= 4 is 5.69 Å². The van der Waals surface area contributed by atoms with Gasteiger partial charge in [0.2, 0.25) is 11.8 Å². The molecule has 1 atom stereocenters. The highest BCUT2D eigenvalue weighted by atomic mass is 16.5. The molecule has 0 amide bonds. The molecular weight excluding hydrogens is 256 g/mol. The fraction of sp³-hybridized carbons (Fsp3) is 0.500. The average Bonchev–Trinajstić information content (AvgIpc) is 2.89. The van der Waals surface area contributed by atoms with Crippen LogP contribution in [-0.2, 0) is 5.41 Å². The third-order valence-corrected chi connectivity index (χ3v) is 2.81. The number of hydrogen-bond acceptors (Lipinski definition) is 6. The normalized spacial score (nSPS) is 13.1. The van der Waals surface area contributed by atoms with Gasteiger partial charge in [0, 0.05) is 11.5 Å². The van der Waals surface area contributed by atoms with Crippen LogP contribution in [0.5, 0.6) is 5.88 Å². The van der Waals surface area contributed by atoms with Crippen molar-refractivity contribution in [2.45, 2.75) is 39.2 Å². The van der Waals surface area contributed by atoms with Gasteiger partial charge in [0.1, 0.15) is 6.04 Å². The van der Waals surface area contributed by atoms with Crippen molar-refractivity contribution in [1.29, 1.82) is 0 Å². The lowest BCUT2D eigenvalue weighted by atomic mass is 9.96. The number of rotatable bonds is 4. The van der Waals surface area contributed by atoms with Gasteiger partial charge in [-0.3, -0.25) is 0 Å². The maximum absolute atomic E-state index is 5.30. The fourth-order valence-corrected chi connectivity index (χ4v) is 1.61. The number of anilines is 1. The van der Waals surface area contributed by atoms with Gasteiger partial charge in [-0.25, -0.2) is 4.98 Å². The predicted molar refractivity (Wildman–Crippen MR) is 75.8 cm³/mol. The standard InChI is InChI=1S/C14H20N4O2/c1-9(12-17-13(18-20-12)14(2,3)4)16-10-6-7-11(19-5)15-8-10/h6-9,16H,1-5H3. The SMILES string of the molecule is COc1ccc(NC(C)c2nc(C(C)(C)C)no2)cn1. The Balaban J connectivity index is 2.07. The lowest BCUT2D eigenvalue weighted by molar-refractivity contribution is 0.354. The van der Waals surface area contributed by atoms with Crippen LogP contribution in [0.25, 0.3) is 0 Å². The molecule has 1 N–H and O–H groups in total. The van der Waals surface area contributed by atoms with E-state index in [9.17, 15) is 0 Å². The lowest BCUT2D eigenvalue weighted by Gasteiger charge is -2.12. The summed E-state index contributed by atoms with van der Waals surface area (Å²) >= 11 is 0. The molecule has 0 aliphatic heterocycles. The molecule has 0 bridgehead atoms. The number of aromatic nitrogens is 3. The topological polar surface area (TPSA) is 73.1 Å². The van der Waals surface area contributed by atoms with E-state index in [2.05, 4.69) is 20.4 Å². The quantitative estimate of drug-likeness (QED) is 0.925. The minimum atomic E-state index is -0.122. The maximum atomic E-state index is 5.30. The van der Waals surface area contributed by atoms with Gasteiger partial charge in [0.15, 0.2) is 5.82 Å². The summed E-state index contributed by atoms with van der Waals surface area (Å²) in [6.07, 6.45) is 1.70. The summed E-state index contributed by atoms with van der Waals surface area (Å²) in [4.78, 5) is 8.56. The van der Waals surface area contributed by atoms with Crippen molar-refractivity contribution in [3.05, 3.63) is 30.0 Å². The summed E-state index contributed by atoms with van der Waals surface area (Å²) in [6.45, 7) is 8.11. The maximum Gasteiger partial charge on any atom is 0.248 e. The van der Waals surface area contributed by atoms with Gasteiger partial charge >= 0.3 is 0 Å². The number of hydrogen-bond donors (Lipinski definition) is 1. The minimum Gasteiger partial charge on any atom is -0.481 e. The molecule has 20 heavy (non-hydrogen) atoms. The molecule has 0 fully saturated rings. The van der Waals surface area contributed by atoms with Gasteiger partial charge in [-0.15, -0.1) is 0 Å². The Hall–Kier alpha value is -2.11. The van der Waals surface area contributed by atoms with Gasteiger partial charge in [-0.1, -0.05) is 25.9 Å². The van der Waals surface area contributed by atoms with E-state index in [-0.39, 0.29) is 11.5 Å². The number of pyridine rings is 1. The third-order valence-electron chi connectivity index (χ3n) is 2.81. The highest BCUT2D eigenvalue weighted by Gasteiger charge is 2.23. The molecule has 6 nitrogen and oxygen atoms in total. The first-order valence-corrected chi connectivity index (χ1v) is 6.51. The number of ether oxygens (including phenoxy) is 1. The van der Waals surface area contributed by atoms with Crippen LogP contribution in [0.3, 0.4) is 0 Å². The second-order valence-corrected chi connectivity index (χ2v) is 5.66. The van der Waals surface area contributed by atoms with Crippen LogP contribution in [0, 0.1) is 0 Å². The van der Waals surface area contributed by atoms with Crippen LogP contribution in [0.4, 0.5) is 5.69 Å². The van der Waals surface area contributed by atoms with E-state index in [0.717, 1.165) is 5.69 Å². The Morgan fingerprint density at radius 2 is 2.05 bits per heavy atom. The molecule has 0 aromatic carbocycles. The Morgan fingerprint density at radius 3 is 2.55 bits per heavy atom. The number of nitrogens with zero attached hydrogens (tertiary/aromatic N) is 3. The van der Waals surface area contributed by atoms with Crippen LogP contribution >= 0.6 is 0 Å². The zero-order valence-electron chi connectivity index (χ0n) is 12.5. The molecule has 1 unspecified atom stereocenters. The zero-order valence-corrected chi connectivity index (χ0v) is 12.5. The highest BCUT2D eigenvalue weighted by Crippen LogP contribution is 2.23. The van der Waals surface area contributed by atoms with Crippen LogP contribution in [-0.4, -0.2) is 22.2 Å². The van der Waals surface area contributed by atoms with Crippen molar-refractivity contribution in [1.82, 2.24) is 15.1 Å². The molecule has 6 heteroatoms. The van der Waals surface area contributed by atoms with Gasteiger partial charge in [-0.2, -0.15) is 4.98 Å². The van der Waals surface area contributed by atoms with E-state index in [1.54, 1.807) is 19.4 Å². The monoisotopic (exact) mass is 276 g/mol. The van der Waals surface area contributed by atoms with Crippen molar-refractivity contribution in [2.75, 3.05) is 12.4 Å². The summed E-state index contributed by atoms with van der Waals surface area (Å²) in [7, 11) is 1.59. The van der Waals surface area contributed by atoms with Crippen LogP contribution in [0.2, 0.25) is 0 Å². The molecule has 0 saturated heterocycles. The summed E-state index contributed by atoms with van der Waals surface area (Å²) in [5.74, 6) is 1.84. The van der Waals surface area contributed by atoms with Crippen molar-refractivity contribution < 1.29 is 9.26 Å². The van der Waals surface area contributed by atoms with E-state index in [1.165, 1.54) is 0 Å². The summed E-state index contributed by atoms with van der Waals surface area (Å²) in [5.41, 5.74) is 0.747. The molecule has 108 valence electrons. The summed E-state index contributed by atoms with van der Waals surface area (Å²) < 4.78 is 10.3. The first kappa shape index (κ1) is 14.3. The Morgan fingerprint density at radius 1 is 1.30 bits per heavy atom. The largest absolute Gasteiger partial charge is 0.481 e. The Bertz CT molecular complexity index is 557. The molecule has 2 aromatic rings. The second-order valence-electron chi connectivity index (χ2n) is 5.66. The first-order chi connectivity index (χ1) is 9.40. The molecule has 2 rings (SSSR count). The van der Waals surface area contributed by atoms with Crippen molar-refractivity contribution in [3.63, 3.8) is 0 Å². The fourth-order valence-electron chi connectivity index (χ4n) is 1.61. The van der Waals surface area contributed by atoms with Gasteiger partial charge < -0.3 is 14.6 Å². The van der Waals surface area contributed by atoms with E-state index < -0.39 is 0 Å². The molecule has 2 heterocycles. The Kier molecular flexibility index (Phi) is 3.92. The van der Waals surface area contributed by atoms with Crippen LogP contribution in [0.1, 0.15) is 45.5 Å². The van der Waals surface area contributed by atoms with Gasteiger partial charge in [0.25, 0.3) is 0 Å². The molecule has 0 aliphatic carbocycles. The van der Waals surface area contributed by atoms with Gasteiger partial charge in [-0.05, 0) is 13.0 Å². The molecule has 0 saturated carbocycles. The van der Waals surface area contributed by atoms with Gasteiger partial charge in [0.05, 0.1) is 19.0 Å². The third kappa shape index (κ3) is 3.26. The lowest BCUT2D eigenvalue weighted by Crippen LogP contribution is -2.14. The van der Waals surface area contributed by atoms with E-state index in [0.29, 0.717) is 17.6 Å². The van der Waals surface area contributed by atoms with E-state index >= 15 is 0 Å². The Labute approximate surface area is 118 Å². The van der Waals surface area contributed by atoms with Crippen LogP contribution in [0.15, 0.2) is 22.9 Å². The molecule has 0 spiro atoms. The van der Waals surface area contributed by atoms with E-state index in [1.807, 2.05) is 33.8 Å². The predicted octanol–water partition coefficient (Wildman–Crippen LogP) is 2.94. The average molecular weight is 276 g/mol. The summed E-state index contributed by atoms with van der Waals surface area (Å²) in [5, 5.41) is 7.28. The molecule has 0 aliphatic rings. The van der Waals surface area contributed by atoms with Crippen LogP contribution < -0.4 is 10.1 Å². The molecular formula is C14H20N4O2. The summed E-state index contributed by atoms with van der Waals surface area (Å²) in [6, 6.07) is 3.60. The molecule has 0 radical (unpaired) electrons. The first-order valence-electron chi connectivity index (χ1n) is 6.51. The van der Waals surface area contributed by atoms with Crippen molar-refractivity contribution in [3.8, 4) is 5.88 Å². The minimum absolute atomic E-state index is 0.0891. The van der Waals surface area contributed by atoms with Crippen molar-refractivity contribution in [2.24, 2.45) is 0 Å².